The van der Waals surface area contributed by atoms with Crippen molar-refractivity contribution in [1.29, 1.82) is 0 Å². The Morgan fingerprint density at radius 2 is 2.00 bits per heavy atom. The largest absolute Gasteiger partial charge is 0.495 e. The number of fused-ring (bicyclic) bond motifs is 1. The van der Waals surface area contributed by atoms with Gasteiger partial charge in [0.15, 0.2) is 6.10 Å². The number of benzene rings is 2. The number of esters is 1. The highest BCUT2D eigenvalue weighted by Gasteiger charge is 2.20. The number of methoxy groups -OCH3 is 1. The second-order valence-corrected chi connectivity index (χ2v) is 6.60. The molecule has 3 rings (SSSR count). The zero-order chi connectivity index (χ0) is 21.0. The number of hydrogen-bond donors (Lipinski definition) is 1. The summed E-state index contributed by atoms with van der Waals surface area (Å²) < 4.78 is 11.4. The molecule has 9 heteroatoms. The van der Waals surface area contributed by atoms with Crippen LogP contribution < -0.4 is 15.6 Å². The molecule has 0 spiro atoms. The predicted molar refractivity (Wildman–Crippen MR) is 108 cm³/mol. The lowest BCUT2D eigenvalue weighted by molar-refractivity contribution is -0.153. The van der Waals surface area contributed by atoms with Crippen LogP contribution in [0.25, 0.3) is 10.9 Å². The van der Waals surface area contributed by atoms with E-state index in [1.165, 1.54) is 26.4 Å². The molecule has 0 bridgehead atoms. The van der Waals surface area contributed by atoms with E-state index in [1.54, 1.807) is 36.4 Å². The summed E-state index contributed by atoms with van der Waals surface area (Å²) in [4.78, 5) is 41.1. The lowest BCUT2D eigenvalue weighted by Gasteiger charge is -2.15. The van der Waals surface area contributed by atoms with Crippen LogP contribution in [0.15, 0.2) is 53.6 Å². The highest BCUT2D eigenvalue weighted by Crippen LogP contribution is 2.27. The van der Waals surface area contributed by atoms with E-state index in [2.05, 4.69) is 10.3 Å². The minimum Gasteiger partial charge on any atom is -0.495 e. The van der Waals surface area contributed by atoms with E-state index in [0.717, 1.165) is 4.57 Å². The van der Waals surface area contributed by atoms with E-state index in [-0.39, 0.29) is 12.1 Å². The first kappa shape index (κ1) is 20.3. The average Bonchev–Trinajstić information content (AvgIpc) is 2.70. The van der Waals surface area contributed by atoms with Gasteiger partial charge in [-0.2, -0.15) is 0 Å². The van der Waals surface area contributed by atoms with Crippen LogP contribution in [0.4, 0.5) is 5.69 Å². The zero-order valence-electron chi connectivity index (χ0n) is 15.7. The third-order valence-electron chi connectivity index (χ3n) is 4.13. The molecule has 0 aliphatic heterocycles. The van der Waals surface area contributed by atoms with Crippen LogP contribution in [0.5, 0.6) is 5.75 Å². The Labute approximate surface area is 171 Å². The number of nitrogens with zero attached hydrogens (tertiary/aromatic N) is 2. The highest BCUT2D eigenvalue weighted by atomic mass is 35.5. The van der Waals surface area contributed by atoms with E-state index < -0.39 is 18.0 Å². The van der Waals surface area contributed by atoms with Crippen LogP contribution in [-0.4, -0.2) is 34.6 Å². The molecular formula is C20H18ClN3O5. The number of aromatic nitrogens is 2. The van der Waals surface area contributed by atoms with Gasteiger partial charge in [-0.3, -0.25) is 19.0 Å². The molecule has 8 nitrogen and oxygen atoms in total. The Morgan fingerprint density at radius 3 is 2.76 bits per heavy atom. The SMILES string of the molecule is COc1ccc(Cl)cc1NC(=O)[C@@H](C)OC(=O)Cn1cnc2ccccc2c1=O. The topological polar surface area (TPSA) is 99.5 Å². The monoisotopic (exact) mass is 415 g/mol. The molecule has 0 saturated heterocycles. The summed E-state index contributed by atoms with van der Waals surface area (Å²) in [7, 11) is 1.46. The fourth-order valence-electron chi connectivity index (χ4n) is 2.66. The van der Waals surface area contributed by atoms with Gasteiger partial charge in [-0.25, -0.2) is 4.98 Å². The van der Waals surface area contributed by atoms with Crippen molar-refractivity contribution in [1.82, 2.24) is 9.55 Å². The van der Waals surface area contributed by atoms with Gasteiger partial charge >= 0.3 is 5.97 Å². The number of carbonyl (C=O) groups is 2. The predicted octanol–water partition coefficient (Wildman–Crippen LogP) is 2.63. The minimum absolute atomic E-state index is 0.350. The fourth-order valence-corrected chi connectivity index (χ4v) is 2.83. The van der Waals surface area contributed by atoms with Crippen molar-refractivity contribution in [2.24, 2.45) is 0 Å². The molecule has 3 aromatic rings. The van der Waals surface area contributed by atoms with E-state index in [4.69, 9.17) is 21.1 Å². The summed E-state index contributed by atoms with van der Waals surface area (Å²) in [6.07, 6.45) is 0.170. The van der Waals surface area contributed by atoms with Crippen LogP contribution in [0.1, 0.15) is 6.92 Å². The van der Waals surface area contributed by atoms with Gasteiger partial charge < -0.3 is 14.8 Å². The third kappa shape index (κ3) is 4.72. The van der Waals surface area contributed by atoms with Gasteiger partial charge in [-0.05, 0) is 37.3 Å². The molecule has 0 aliphatic rings. The minimum atomic E-state index is -1.10. The van der Waals surface area contributed by atoms with Crippen LogP contribution in [0, 0.1) is 0 Å². The number of anilines is 1. The second kappa shape index (κ2) is 8.74. The summed E-state index contributed by atoms with van der Waals surface area (Å²) in [5.74, 6) is -0.900. The first-order valence-electron chi connectivity index (χ1n) is 8.67. The van der Waals surface area contributed by atoms with Crippen molar-refractivity contribution in [2.75, 3.05) is 12.4 Å². The average molecular weight is 416 g/mol. The van der Waals surface area contributed by atoms with Gasteiger partial charge in [0.1, 0.15) is 12.3 Å². The summed E-state index contributed by atoms with van der Waals surface area (Å²) >= 11 is 5.94. The molecule has 0 aliphatic carbocycles. The molecule has 150 valence electrons. The van der Waals surface area contributed by atoms with Gasteiger partial charge in [0.25, 0.3) is 11.5 Å². The van der Waals surface area contributed by atoms with Gasteiger partial charge in [-0.15, -0.1) is 0 Å². The molecule has 29 heavy (non-hydrogen) atoms. The summed E-state index contributed by atoms with van der Waals surface area (Å²) in [5, 5.41) is 3.40. The molecule has 1 aromatic heterocycles. The molecule has 0 unspecified atom stereocenters. The quantitative estimate of drug-likeness (QED) is 0.621. The van der Waals surface area contributed by atoms with Crippen LogP contribution in [0.2, 0.25) is 5.02 Å². The Morgan fingerprint density at radius 1 is 1.24 bits per heavy atom. The van der Waals surface area contributed by atoms with Crippen LogP contribution in [-0.2, 0) is 20.9 Å². The van der Waals surface area contributed by atoms with Crippen molar-refractivity contribution >= 4 is 40.1 Å². The van der Waals surface area contributed by atoms with Gasteiger partial charge in [0.2, 0.25) is 0 Å². The van der Waals surface area contributed by atoms with Gasteiger partial charge in [-0.1, -0.05) is 23.7 Å². The molecular weight excluding hydrogens is 398 g/mol. The number of rotatable bonds is 6. The second-order valence-electron chi connectivity index (χ2n) is 6.16. The number of halogens is 1. The first-order valence-corrected chi connectivity index (χ1v) is 9.05. The maximum Gasteiger partial charge on any atom is 0.326 e. The van der Waals surface area contributed by atoms with E-state index in [0.29, 0.717) is 27.4 Å². The van der Waals surface area contributed by atoms with Crippen molar-refractivity contribution in [2.45, 2.75) is 19.6 Å². The highest BCUT2D eigenvalue weighted by molar-refractivity contribution is 6.31. The summed E-state index contributed by atoms with van der Waals surface area (Å²) in [6, 6.07) is 11.6. The molecule has 1 N–H and O–H groups in total. The maximum absolute atomic E-state index is 12.4. The third-order valence-corrected chi connectivity index (χ3v) is 4.36. The van der Waals surface area contributed by atoms with E-state index in [9.17, 15) is 14.4 Å². The van der Waals surface area contributed by atoms with Gasteiger partial charge in [0, 0.05) is 5.02 Å². The normalized spacial score (nSPS) is 11.7. The summed E-state index contributed by atoms with van der Waals surface area (Å²) in [6.45, 7) is 1.06. The number of carbonyl (C=O) groups excluding carboxylic acids is 2. The Balaban J connectivity index is 1.66. The Hall–Kier alpha value is -3.39. The number of nitrogens with one attached hydrogen (secondary N) is 1. The molecule has 1 heterocycles. The van der Waals surface area contributed by atoms with Crippen LogP contribution in [0.3, 0.4) is 0 Å². The number of ether oxygens (including phenoxy) is 2. The molecule has 1 amide bonds. The Kier molecular flexibility index (Phi) is 6.13. The smallest absolute Gasteiger partial charge is 0.326 e. The Bertz CT molecular complexity index is 1130. The van der Waals surface area contributed by atoms with Crippen molar-refractivity contribution in [3.05, 3.63) is 64.2 Å². The van der Waals surface area contributed by atoms with E-state index >= 15 is 0 Å². The van der Waals surface area contributed by atoms with Crippen molar-refractivity contribution in [3.63, 3.8) is 0 Å². The molecule has 0 saturated carbocycles. The molecule has 0 radical (unpaired) electrons. The number of para-hydroxylation sites is 1. The number of amides is 1. The molecule has 0 fully saturated rings. The molecule has 1 atom stereocenters. The summed E-state index contributed by atoms with van der Waals surface area (Å²) in [5.41, 5.74) is 0.515. The standard InChI is InChI=1S/C20H18ClN3O5/c1-12(19(26)23-16-9-13(21)7-8-17(16)28-2)29-18(25)10-24-11-22-15-6-4-3-5-14(15)20(24)27/h3-9,11-12H,10H2,1-2H3,(H,23,26)/t12-/m1/s1. The maximum atomic E-state index is 12.4. The van der Waals surface area contributed by atoms with Crippen molar-refractivity contribution in [3.8, 4) is 5.75 Å². The van der Waals surface area contributed by atoms with Crippen LogP contribution >= 0.6 is 11.6 Å². The number of hydrogen-bond acceptors (Lipinski definition) is 6. The lowest BCUT2D eigenvalue weighted by atomic mass is 10.2. The first-order chi connectivity index (χ1) is 13.9. The lowest BCUT2D eigenvalue weighted by Crippen LogP contribution is -2.33. The van der Waals surface area contributed by atoms with Crippen molar-refractivity contribution < 1.29 is 19.1 Å². The fraction of sp³-hybridized carbons (Fsp3) is 0.200. The van der Waals surface area contributed by atoms with E-state index in [1.807, 2.05) is 0 Å². The molecule has 2 aromatic carbocycles. The van der Waals surface area contributed by atoms with Gasteiger partial charge in [0.05, 0.1) is 30.0 Å². The zero-order valence-corrected chi connectivity index (χ0v) is 16.5.